The van der Waals surface area contributed by atoms with Crippen LogP contribution in [0.3, 0.4) is 0 Å². The topological polar surface area (TPSA) is 23.5 Å². The van der Waals surface area contributed by atoms with E-state index in [1.54, 1.807) is 6.92 Å². The van der Waals surface area contributed by atoms with Gasteiger partial charge in [-0.05, 0) is 24.2 Å². The van der Waals surface area contributed by atoms with Gasteiger partial charge in [-0.3, -0.25) is 4.90 Å². The van der Waals surface area contributed by atoms with E-state index >= 15 is 0 Å². The number of aliphatic hydroxyl groups excluding tert-OH is 1. The lowest BCUT2D eigenvalue weighted by Crippen LogP contribution is -2.33. The molecule has 0 aliphatic heterocycles. The van der Waals surface area contributed by atoms with Crippen LogP contribution < -0.4 is 0 Å². The molecule has 1 aromatic rings. The van der Waals surface area contributed by atoms with Crippen molar-refractivity contribution < 1.29 is 22.7 Å². The molecule has 0 radical (unpaired) electrons. The van der Waals surface area contributed by atoms with E-state index in [1.807, 2.05) is 0 Å². The summed E-state index contributed by atoms with van der Waals surface area (Å²) in [4.78, 5) is 1.21. The summed E-state index contributed by atoms with van der Waals surface area (Å²) >= 11 is 0. The highest BCUT2D eigenvalue weighted by atomic mass is 19.4. The molecule has 0 aromatic heterocycles. The Morgan fingerprint density at radius 2 is 2.00 bits per heavy atom. The fourth-order valence-corrected chi connectivity index (χ4v) is 1.79. The van der Waals surface area contributed by atoms with Gasteiger partial charge in [0.2, 0.25) is 0 Å². The maximum atomic E-state index is 13.2. The molecule has 0 unspecified atom stereocenters. The molecule has 0 atom stereocenters. The second-order valence-corrected chi connectivity index (χ2v) is 4.50. The van der Waals surface area contributed by atoms with Crippen LogP contribution in [0, 0.1) is 17.7 Å². The molecule has 21 heavy (non-hydrogen) atoms. The number of aliphatic hydroxyl groups is 1. The van der Waals surface area contributed by atoms with Gasteiger partial charge in [-0.1, -0.05) is 24.8 Å². The minimum Gasteiger partial charge on any atom is -0.395 e. The third-order valence-electron chi connectivity index (χ3n) is 2.78. The minimum absolute atomic E-state index is 0.0411. The number of nitrogens with zero attached hydrogens (tertiary/aromatic N) is 1. The largest absolute Gasteiger partial charge is 0.401 e. The van der Waals surface area contributed by atoms with Gasteiger partial charge in [0, 0.05) is 18.5 Å². The predicted molar refractivity (Wildman–Crippen MR) is 72.0 cm³/mol. The van der Waals surface area contributed by atoms with E-state index in [1.165, 1.54) is 23.1 Å². The molecule has 2 nitrogen and oxygen atoms in total. The Kier molecular flexibility index (Phi) is 6.66. The second-order valence-electron chi connectivity index (χ2n) is 4.50. The zero-order chi connectivity index (χ0) is 15.9. The van der Waals surface area contributed by atoms with Crippen LogP contribution in [0.25, 0.3) is 0 Å². The van der Waals surface area contributed by atoms with Gasteiger partial charge in [-0.15, -0.1) is 0 Å². The third-order valence-corrected chi connectivity index (χ3v) is 2.78. The third kappa shape index (κ3) is 6.61. The highest BCUT2D eigenvalue weighted by Crippen LogP contribution is 2.19. The van der Waals surface area contributed by atoms with E-state index in [-0.39, 0.29) is 26.1 Å². The molecule has 0 bridgehead atoms. The van der Waals surface area contributed by atoms with Gasteiger partial charge in [-0.25, -0.2) is 4.39 Å². The Balaban J connectivity index is 2.93. The van der Waals surface area contributed by atoms with Gasteiger partial charge < -0.3 is 5.11 Å². The summed E-state index contributed by atoms with van der Waals surface area (Å²) in [5.74, 6) is 4.85. The normalized spacial score (nSPS) is 11.4. The average molecular weight is 303 g/mol. The second kappa shape index (κ2) is 8.01. The Bertz CT molecular complexity index is 517. The first-order chi connectivity index (χ1) is 9.85. The zero-order valence-electron chi connectivity index (χ0n) is 11.7. The van der Waals surface area contributed by atoms with Gasteiger partial charge in [0.15, 0.2) is 0 Å². The summed E-state index contributed by atoms with van der Waals surface area (Å²) in [6.07, 6.45) is -4.05. The van der Waals surface area contributed by atoms with Crippen molar-refractivity contribution in [2.75, 3.05) is 19.7 Å². The molecule has 0 spiro atoms. The van der Waals surface area contributed by atoms with Crippen LogP contribution in [0.15, 0.2) is 18.2 Å². The van der Waals surface area contributed by atoms with Crippen LogP contribution >= 0.6 is 0 Å². The van der Waals surface area contributed by atoms with E-state index in [4.69, 9.17) is 5.11 Å². The lowest BCUT2D eigenvalue weighted by molar-refractivity contribution is -0.146. The Hall–Kier alpha value is -1.58. The van der Waals surface area contributed by atoms with Gasteiger partial charge in [0.25, 0.3) is 0 Å². The van der Waals surface area contributed by atoms with Crippen LogP contribution in [0.1, 0.15) is 24.5 Å². The Morgan fingerprint density at radius 1 is 1.29 bits per heavy atom. The van der Waals surface area contributed by atoms with Crippen molar-refractivity contribution in [3.8, 4) is 11.8 Å². The molecular weight excluding hydrogens is 286 g/mol. The first-order valence-corrected chi connectivity index (χ1v) is 6.53. The molecule has 1 N–H and O–H groups in total. The number of alkyl halides is 3. The van der Waals surface area contributed by atoms with Crippen LogP contribution in [0.2, 0.25) is 0 Å². The molecule has 1 rings (SSSR count). The van der Waals surface area contributed by atoms with Gasteiger partial charge >= 0.3 is 6.18 Å². The number of hydrogen-bond donors (Lipinski definition) is 1. The predicted octanol–water partition coefficient (Wildman–Crippen LogP) is 2.94. The fourth-order valence-electron chi connectivity index (χ4n) is 1.79. The summed E-state index contributed by atoms with van der Waals surface area (Å²) in [7, 11) is 0. The molecular formula is C15H17F4NO. The monoisotopic (exact) mass is 303 g/mol. The van der Waals surface area contributed by atoms with E-state index < -0.39 is 18.5 Å². The first-order valence-electron chi connectivity index (χ1n) is 6.53. The molecule has 0 heterocycles. The lowest BCUT2D eigenvalue weighted by Gasteiger charge is -2.22. The lowest BCUT2D eigenvalue weighted by atomic mass is 10.1. The van der Waals surface area contributed by atoms with Crippen molar-refractivity contribution in [2.24, 2.45) is 0 Å². The highest BCUT2D eigenvalue weighted by Gasteiger charge is 2.30. The van der Waals surface area contributed by atoms with E-state index in [0.29, 0.717) is 11.1 Å². The molecule has 1 aromatic carbocycles. The van der Waals surface area contributed by atoms with Crippen molar-refractivity contribution >= 4 is 0 Å². The fraction of sp³-hybridized carbons (Fsp3) is 0.467. The Labute approximate surface area is 121 Å². The van der Waals surface area contributed by atoms with Crippen LogP contribution in [0.4, 0.5) is 17.6 Å². The zero-order valence-corrected chi connectivity index (χ0v) is 11.7. The van der Waals surface area contributed by atoms with Crippen LogP contribution in [0.5, 0.6) is 0 Å². The molecule has 0 saturated carbocycles. The quantitative estimate of drug-likeness (QED) is 0.668. The molecule has 116 valence electrons. The number of hydrogen-bond acceptors (Lipinski definition) is 2. The summed E-state index contributed by atoms with van der Waals surface area (Å²) < 4.78 is 50.6. The molecule has 0 aliphatic carbocycles. The molecule has 0 saturated heterocycles. The summed E-state index contributed by atoms with van der Waals surface area (Å²) in [5, 5.41) is 8.67. The van der Waals surface area contributed by atoms with E-state index in [9.17, 15) is 17.6 Å². The first kappa shape index (κ1) is 17.5. The summed E-state index contributed by atoms with van der Waals surface area (Å²) in [6, 6.07) is 3.84. The minimum atomic E-state index is -4.28. The van der Waals surface area contributed by atoms with Crippen molar-refractivity contribution in [3.05, 3.63) is 35.1 Å². The molecule has 6 heteroatoms. The van der Waals surface area contributed by atoms with Crippen molar-refractivity contribution in [2.45, 2.75) is 26.1 Å². The smallest absolute Gasteiger partial charge is 0.395 e. The van der Waals surface area contributed by atoms with Crippen LogP contribution in [-0.2, 0) is 6.54 Å². The van der Waals surface area contributed by atoms with E-state index in [0.717, 1.165) is 0 Å². The number of rotatable bonds is 5. The Morgan fingerprint density at radius 3 is 2.57 bits per heavy atom. The maximum Gasteiger partial charge on any atom is 0.401 e. The number of benzene rings is 1. The van der Waals surface area contributed by atoms with Crippen molar-refractivity contribution in [3.63, 3.8) is 0 Å². The number of halogens is 4. The van der Waals surface area contributed by atoms with Gasteiger partial charge in [0.05, 0.1) is 13.2 Å². The molecule has 0 fully saturated rings. The standard InChI is InChI=1S/C15H17F4NO/c1-2-20(11-15(17,18)19)10-13-6-7-14(16)9-12(13)5-3-4-8-21/h6-7,9,21H,2,4,8,10-11H2,1H3. The summed E-state index contributed by atoms with van der Waals surface area (Å²) in [6.45, 7) is 0.753. The summed E-state index contributed by atoms with van der Waals surface area (Å²) in [5.41, 5.74) is 0.886. The molecule has 0 aliphatic rings. The van der Waals surface area contributed by atoms with Crippen molar-refractivity contribution in [1.82, 2.24) is 4.90 Å². The van der Waals surface area contributed by atoms with Crippen LogP contribution in [-0.4, -0.2) is 35.9 Å². The van der Waals surface area contributed by atoms with E-state index in [2.05, 4.69) is 11.8 Å². The van der Waals surface area contributed by atoms with Gasteiger partial charge in [-0.2, -0.15) is 13.2 Å². The molecule has 0 amide bonds. The SMILES string of the molecule is CCN(Cc1ccc(F)cc1C#CCCO)CC(F)(F)F. The maximum absolute atomic E-state index is 13.2. The van der Waals surface area contributed by atoms with Crippen molar-refractivity contribution in [1.29, 1.82) is 0 Å². The average Bonchev–Trinajstić information content (AvgIpc) is 2.39. The highest BCUT2D eigenvalue weighted by molar-refractivity contribution is 5.41. The van der Waals surface area contributed by atoms with Gasteiger partial charge in [0.1, 0.15) is 5.82 Å².